The summed E-state index contributed by atoms with van der Waals surface area (Å²) >= 11 is 6.00. The number of carbonyl (C=O) groups excluding carboxylic acids is 1. The molecule has 0 radical (unpaired) electrons. The van der Waals surface area contributed by atoms with Gasteiger partial charge in [0.1, 0.15) is 11.4 Å². The van der Waals surface area contributed by atoms with Crippen molar-refractivity contribution in [2.75, 3.05) is 7.11 Å². The highest BCUT2D eigenvalue weighted by Gasteiger charge is 2.37. The summed E-state index contributed by atoms with van der Waals surface area (Å²) in [5.74, 6) is 0.803. The van der Waals surface area contributed by atoms with E-state index in [0.29, 0.717) is 16.8 Å². The number of aromatic amines is 1. The van der Waals surface area contributed by atoms with E-state index in [-0.39, 0.29) is 11.9 Å². The fourth-order valence-electron chi connectivity index (χ4n) is 3.40. The molecule has 26 heavy (non-hydrogen) atoms. The molecule has 0 saturated heterocycles. The molecule has 1 amide bonds. The summed E-state index contributed by atoms with van der Waals surface area (Å²) in [5.41, 5.74) is 2.61. The van der Waals surface area contributed by atoms with Crippen LogP contribution in [-0.2, 0) is 0 Å². The monoisotopic (exact) mass is 368 g/mol. The molecule has 4 rings (SSSR count). The van der Waals surface area contributed by atoms with E-state index < -0.39 is 0 Å². The molecule has 1 aliphatic rings. The first kappa shape index (κ1) is 17.0. The third-order valence-electron chi connectivity index (χ3n) is 5.00. The summed E-state index contributed by atoms with van der Waals surface area (Å²) in [6.07, 6.45) is 2.11. The lowest BCUT2D eigenvalue weighted by Gasteiger charge is -2.29. The molecular weight excluding hydrogens is 348 g/mol. The van der Waals surface area contributed by atoms with E-state index in [1.165, 1.54) is 0 Å². The minimum atomic E-state index is -0.00628. The number of amides is 1. The van der Waals surface area contributed by atoms with Crippen molar-refractivity contribution in [3.05, 3.63) is 64.8 Å². The van der Waals surface area contributed by atoms with Gasteiger partial charge in [0.15, 0.2) is 0 Å². The van der Waals surface area contributed by atoms with E-state index in [4.69, 9.17) is 16.3 Å². The Balaban J connectivity index is 1.66. The number of nitrogens with zero attached hydrogens (tertiary/aromatic N) is 1. The van der Waals surface area contributed by atoms with Crippen molar-refractivity contribution in [3.63, 3.8) is 0 Å². The molecule has 5 heteroatoms. The van der Waals surface area contributed by atoms with Gasteiger partial charge < -0.3 is 14.6 Å². The standard InChI is InChI=1S/C21H21ClN2O2/c1-13(14-3-6-16(22)7-4-14)24(17-8-9-17)21(25)20-11-15-5-10-18(26-2)12-19(15)23-20/h3-7,10-13,17,23H,8-9H2,1-2H3/t13-/m0/s1. The minimum Gasteiger partial charge on any atom is -0.497 e. The van der Waals surface area contributed by atoms with Gasteiger partial charge in [-0.05, 0) is 55.7 Å². The molecule has 1 atom stereocenters. The van der Waals surface area contributed by atoms with Crippen LogP contribution in [0.15, 0.2) is 48.5 Å². The maximum Gasteiger partial charge on any atom is 0.271 e. The molecule has 0 aliphatic heterocycles. The number of rotatable bonds is 5. The second-order valence-corrected chi connectivity index (χ2v) is 7.24. The Morgan fingerprint density at radius 3 is 2.58 bits per heavy atom. The van der Waals surface area contributed by atoms with Crippen LogP contribution >= 0.6 is 11.6 Å². The molecule has 2 aromatic carbocycles. The van der Waals surface area contributed by atoms with Gasteiger partial charge in [0.05, 0.1) is 13.2 Å². The Bertz CT molecular complexity index is 944. The quantitative estimate of drug-likeness (QED) is 0.673. The smallest absolute Gasteiger partial charge is 0.271 e. The maximum atomic E-state index is 13.3. The number of halogens is 1. The average Bonchev–Trinajstić information content (AvgIpc) is 3.39. The summed E-state index contributed by atoms with van der Waals surface area (Å²) in [6, 6.07) is 15.7. The van der Waals surface area contributed by atoms with Crippen LogP contribution in [0.3, 0.4) is 0 Å². The van der Waals surface area contributed by atoms with E-state index in [1.807, 2.05) is 53.4 Å². The predicted molar refractivity (Wildman–Crippen MR) is 104 cm³/mol. The van der Waals surface area contributed by atoms with Crippen molar-refractivity contribution in [1.29, 1.82) is 0 Å². The lowest BCUT2D eigenvalue weighted by atomic mass is 10.1. The predicted octanol–water partition coefficient (Wildman–Crippen LogP) is 5.20. The van der Waals surface area contributed by atoms with E-state index in [0.717, 1.165) is 35.1 Å². The number of carbonyl (C=O) groups is 1. The van der Waals surface area contributed by atoms with Crippen molar-refractivity contribution in [2.24, 2.45) is 0 Å². The van der Waals surface area contributed by atoms with Crippen LogP contribution in [0.2, 0.25) is 5.02 Å². The van der Waals surface area contributed by atoms with Crippen molar-refractivity contribution < 1.29 is 9.53 Å². The van der Waals surface area contributed by atoms with Crippen LogP contribution < -0.4 is 4.74 Å². The zero-order valence-electron chi connectivity index (χ0n) is 14.8. The Morgan fingerprint density at radius 2 is 1.92 bits per heavy atom. The van der Waals surface area contributed by atoms with Crippen molar-refractivity contribution in [1.82, 2.24) is 9.88 Å². The SMILES string of the molecule is COc1ccc2cc(C(=O)N(C3CC3)[C@@H](C)c3ccc(Cl)cc3)[nH]c2c1. The van der Waals surface area contributed by atoms with Crippen LogP contribution in [0.5, 0.6) is 5.75 Å². The molecule has 1 N–H and O–H groups in total. The largest absolute Gasteiger partial charge is 0.497 e. The molecule has 1 aromatic heterocycles. The number of hydrogen-bond donors (Lipinski definition) is 1. The number of aromatic nitrogens is 1. The summed E-state index contributed by atoms with van der Waals surface area (Å²) in [6.45, 7) is 2.07. The lowest BCUT2D eigenvalue weighted by Crippen LogP contribution is -2.35. The van der Waals surface area contributed by atoms with Gasteiger partial charge in [-0.1, -0.05) is 23.7 Å². The van der Waals surface area contributed by atoms with Crippen molar-refractivity contribution >= 4 is 28.4 Å². The molecule has 1 aliphatic carbocycles. The number of hydrogen-bond acceptors (Lipinski definition) is 2. The van der Waals surface area contributed by atoms with Crippen LogP contribution in [0.4, 0.5) is 0 Å². The number of fused-ring (bicyclic) bond motifs is 1. The molecule has 1 saturated carbocycles. The highest BCUT2D eigenvalue weighted by Crippen LogP contribution is 2.36. The summed E-state index contributed by atoms with van der Waals surface area (Å²) in [5, 5.41) is 1.71. The van der Waals surface area contributed by atoms with Gasteiger partial charge in [-0.25, -0.2) is 0 Å². The zero-order chi connectivity index (χ0) is 18.3. The first-order valence-corrected chi connectivity index (χ1v) is 9.19. The third-order valence-corrected chi connectivity index (χ3v) is 5.26. The van der Waals surface area contributed by atoms with Gasteiger partial charge in [-0.3, -0.25) is 4.79 Å². The van der Waals surface area contributed by atoms with Crippen LogP contribution in [0.25, 0.3) is 10.9 Å². The van der Waals surface area contributed by atoms with Gasteiger partial charge in [-0.15, -0.1) is 0 Å². The number of nitrogens with one attached hydrogen (secondary N) is 1. The van der Waals surface area contributed by atoms with E-state index >= 15 is 0 Å². The lowest BCUT2D eigenvalue weighted by molar-refractivity contribution is 0.0669. The Kier molecular flexibility index (Phi) is 4.37. The van der Waals surface area contributed by atoms with Gasteiger partial charge in [0, 0.05) is 28.0 Å². The zero-order valence-corrected chi connectivity index (χ0v) is 15.6. The Hall–Kier alpha value is -2.46. The van der Waals surface area contributed by atoms with Gasteiger partial charge in [0.2, 0.25) is 0 Å². The normalized spacial score (nSPS) is 15.0. The van der Waals surface area contributed by atoms with Gasteiger partial charge >= 0.3 is 0 Å². The number of methoxy groups -OCH3 is 1. The number of ether oxygens (including phenoxy) is 1. The minimum absolute atomic E-state index is 0.00628. The molecule has 1 heterocycles. The molecule has 134 valence electrons. The maximum absolute atomic E-state index is 13.3. The van der Waals surface area contributed by atoms with Gasteiger partial charge in [-0.2, -0.15) is 0 Å². The number of benzene rings is 2. The van der Waals surface area contributed by atoms with Crippen LogP contribution in [-0.4, -0.2) is 28.9 Å². The van der Waals surface area contributed by atoms with Crippen LogP contribution in [0, 0.1) is 0 Å². The molecule has 0 unspecified atom stereocenters. The molecule has 0 bridgehead atoms. The van der Waals surface area contributed by atoms with E-state index in [2.05, 4.69) is 11.9 Å². The fraction of sp³-hybridized carbons (Fsp3) is 0.286. The van der Waals surface area contributed by atoms with Crippen LogP contribution in [0.1, 0.15) is 41.9 Å². The summed E-state index contributed by atoms with van der Waals surface area (Å²) in [4.78, 5) is 18.5. The van der Waals surface area contributed by atoms with Crippen molar-refractivity contribution in [3.8, 4) is 5.75 Å². The Morgan fingerprint density at radius 1 is 1.19 bits per heavy atom. The molecule has 0 spiro atoms. The molecule has 1 fully saturated rings. The number of H-pyrrole nitrogens is 1. The second kappa shape index (κ2) is 6.69. The highest BCUT2D eigenvalue weighted by atomic mass is 35.5. The molecule has 3 aromatic rings. The first-order valence-electron chi connectivity index (χ1n) is 8.81. The summed E-state index contributed by atoms with van der Waals surface area (Å²) in [7, 11) is 1.64. The fourth-order valence-corrected chi connectivity index (χ4v) is 3.53. The highest BCUT2D eigenvalue weighted by molar-refractivity contribution is 6.30. The second-order valence-electron chi connectivity index (χ2n) is 6.81. The molecular formula is C21H21ClN2O2. The first-order chi connectivity index (χ1) is 12.6. The Labute approximate surface area is 157 Å². The summed E-state index contributed by atoms with van der Waals surface area (Å²) < 4.78 is 5.27. The molecule has 4 nitrogen and oxygen atoms in total. The van der Waals surface area contributed by atoms with Gasteiger partial charge in [0.25, 0.3) is 5.91 Å². The third kappa shape index (κ3) is 3.17. The van der Waals surface area contributed by atoms with E-state index in [1.54, 1.807) is 7.11 Å². The topological polar surface area (TPSA) is 45.3 Å². The van der Waals surface area contributed by atoms with E-state index in [9.17, 15) is 4.79 Å². The van der Waals surface area contributed by atoms with Crippen molar-refractivity contribution in [2.45, 2.75) is 31.8 Å². The average molecular weight is 369 g/mol.